The highest BCUT2D eigenvalue weighted by atomic mass is 16.6. The lowest BCUT2D eigenvalue weighted by Gasteiger charge is -2.19. The van der Waals surface area contributed by atoms with Gasteiger partial charge in [0.15, 0.2) is 0 Å². The zero-order valence-corrected chi connectivity index (χ0v) is 12.1. The van der Waals surface area contributed by atoms with Gasteiger partial charge in [0.2, 0.25) is 0 Å². The molecule has 0 aliphatic heterocycles. The second kappa shape index (κ2) is 6.97. The third-order valence-corrected chi connectivity index (χ3v) is 2.25. The van der Waals surface area contributed by atoms with Crippen LogP contribution in [0.3, 0.4) is 0 Å². The highest BCUT2D eigenvalue weighted by Crippen LogP contribution is 2.12. The number of amides is 1. The summed E-state index contributed by atoms with van der Waals surface area (Å²) in [4.78, 5) is 15.7. The first-order valence-corrected chi connectivity index (χ1v) is 6.60. The van der Waals surface area contributed by atoms with Crippen LogP contribution in [-0.2, 0) is 4.74 Å². The summed E-state index contributed by atoms with van der Waals surface area (Å²) < 4.78 is 5.15. The van der Waals surface area contributed by atoms with E-state index in [1.54, 1.807) is 12.3 Å². The number of nitrogens with one attached hydrogen (secondary N) is 2. The van der Waals surface area contributed by atoms with E-state index in [1.165, 1.54) is 0 Å². The van der Waals surface area contributed by atoms with Crippen LogP contribution >= 0.6 is 0 Å². The average Bonchev–Trinajstić information content (AvgIpc) is 2.29. The van der Waals surface area contributed by atoms with Crippen molar-refractivity contribution >= 4 is 17.6 Å². The van der Waals surface area contributed by atoms with E-state index in [2.05, 4.69) is 22.5 Å². The summed E-state index contributed by atoms with van der Waals surface area (Å²) in [6.07, 6.45) is 3.48. The zero-order chi connectivity index (χ0) is 14.3. The number of rotatable bonds is 5. The van der Waals surface area contributed by atoms with Gasteiger partial charge >= 0.3 is 6.09 Å². The third-order valence-electron chi connectivity index (χ3n) is 2.25. The SMILES string of the molecule is CCCCNc1ccc(NC(=O)OC(C)(C)C)nc1. The lowest BCUT2D eigenvalue weighted by atomic mass is 10.2. The molecule has 0 atom stereocenters. The van der Waals surface area contributed by atoms with Crippen LogP contribution < -0.4 is 10.6 Å². The Kier molecular flexibility index (Phi) is 5.60. The first-order valence-electron chi connectivity index (χ1n) is 6.60. The Bertz CT molecular complexity index is 396. The maximum Gasteiger partial charge on any atom is 0.413 e. The van der Waals surface area contributed by atoms with Crippen LogP contribution in [0, 0.1) is 0 Å². The molecule has 0 aromatic carbocycles. The summed E-state index contributed by atoms with van der Waals surface area (Å²) in [5.74, 6) is 0.482. The molecule has 1 amide bonds. The van der Waals surface area contributed by atoms with Gasteiger partial charge in [-0.3, -0.25) is 5.32 Å². The van der Waals surface area contributed by atoms with E-state index in [4.69, 9.17) is 4.74 Å². The van der Waals surface area contributed by atoms with Crippen molar-refractivity contribution < 1.29 is 9.53 Å². The van der Waals surface area contributed by atoms with Gasteiger partial charge in [0.1, 0.15) is 11.4 Å². The predicted octanol–water partition coefficient (Wildman–Crippen LogP) is 3.64. The van der Waals surface area contributed by atoms with E-state index in [0.29, 0.717) is 5.82 Å². The second-order valence-corrected chi connectivity index (χ2v) is 5.34. The molecule has 1 aromatic rings. The van der Waals surface area contributed by atoms with Gasteiger partial charge in [0.05, 0.1) is 11.9 Å². The van der Waals surface area contributed by atoms with Crippen molar-refractivity contribution in [1.29, 1.82) is 0 Å². The molecule has 0 fully saturated rings. The van der Waals surface area contributed by atoms with E-state index in [-0.39, 0.29) is 0 Å². The third kappa shape index (κ3) is 6.64. The number of unbranched alkanes of at least 4 members (excludes halogenated alkanes) is 1. The lowest BCUT2D eigenvalue weighted by Crippen LogP contribution is -2.27. The van der Waals surface area contributed by atoms with E-state index in [9.17, 15) is 4.79 Å². The molecule has 5 heteroatoms. The summed E-state index contributed by atoms with van der Waals surface area (Å²) in [5.41, 5.74) is 0.439. The number of pyridine rings is 1. The van der Waals surface area contributed by atoms with Gasteiger partial charge in [-0.1, -0.05) is 13.3 Å². The van der Waals surface area contributed by atoms with Gasteiger partial charge in [0.25, 0.3) is 0 Å². The summed E-state index contributed by atoms with van der Waals surface area (Å²) >= 11 is 0. The van der Waals surface area contributed by atoms with Crippen LogP contribution in [0.25, 0.3) is 0 Å². The number of carbonyl (C=O) groups excluding carboxylic acids is 1. The smallest absolute Gasteiger partial charge is 0.413 e. The Labute approximate surface area is 114 Å². The molecule has 19 heavy (non-hydrogen) atoms. The van der Waals surface area contributed by atoms with Crippen molar-refractivity contribution in [2.24, 2.45) is 0 Å². The van der Waals surface area contributed by atoms with Gasteiger partial charge in [0, 0.05) is 6.54 Å². The molecule has 5 nitrogen and oxygen atoms in total. The Morgan fingerprint density at radius 2 is 2.11 bits per heavy atom. The number of hydrogen-bond donors (Lipinski definition) is 2. The van der Waals surface area contributed by atoms with Gasteiger partial charge in [-0.25, -0.2) is 9.78 Å². The molecule has 1 heterocycles. The minimum atomic E-state index is -0.508. The molecule has 0 saturated carbocycles. The fraction of sp³-hybridized carbons (Fsp3) is 0.571. The molecule has 0 saturated heterocycles. The van der Waals surface area contributed by atoms with Gasteiger partial charge < -0.3 is 10.1 Å². The van der Waals surface area contributed by atoms with Crippen LogP contribution in [0.4, 0.5) is 16.3 Å². The second-order valence-electron chi connectivity index (χ2n) is 5.34. The number of nitrogens with zero attached hydrogens (tertiary/aromatic N) is 1. The number of ether oxygens (including phenoxy) is 1. The number of aromatic nitrogens is 1. The Balaban J connectivity index is 2.45. The standard InChI is InChI=1S/C14H23N3O2/c1-5-6-9-15-11-7-8-12(16-10-11)17-13(18)19-14(2,3)4/h7-8,10,15H,5-6,9H2,1-4H3,(H,16,17,18). The minimum Gasteiger partial charge on any atom is -0.444 e. The topological polar surface area (TPSA) is 63.2 Å². The molecule has 1 rings (SSSR count). The number of carbonyl (C=O) groups is 1. The highest BCUT2D eigenvalue weighted by molar-refractivity contribution is 5.83. The van der Waals surface area contributed by atoms with Crippen molar-refractivity contribution in [1.82, 2.24) is 4.98 Å². The Hall–Kier alpha value is -1.78. The van der Waals surface area contributed by atoms with Gasteiger partial charge in [-0.05, 0) is 39.3 Å². The molecule has 1 aromatic heterocycles. The van der Waals surface area contributed by atoms with Crippen LogP contribution in [0.2, 0.25) is 0 Å². The maximum absolute atomic E-state index is 11.5. The summed E-state index contributed by atoms with van der Waals surface area (Å²) in [6.45, 7) is 8.53. The molecular formula is C14H23N3O2. The van der Waals surface area contributed by atoms with Crippen molar-refractivity contribution in [3.8, 4) is 0 Å². The van der Waals surface area contributed by atoms with E-state index in [0.717, 1.165) is 25.1 Å². The molecule has 0 bridgehead atoms. The molecule has 0 unspecified atom stereocenters. The van der Waals surface area contributed by atoms with Crippen LogP contribution in [0.1, 0.15) is 40.5 Å². The monoisotopic (exact) mass is 265 g/mol. The zero-order valence-electron chi connectivity index (χ0n) is 12.1. The summed E-state index contributed by atoms with van der Waals surface area (Å²) in [5, 5.41) is 5.85. The van der Waals surface area contributed by atoms with Crippen LogP contribution in [-0.4, -0.2) is 23.2 Å². The number of anilines is 2. The van der Waals surface area contributed by atoms with Gasteiger partial charge in [-0.15, -0.1) is 0 Å². The van der Waals surface area contributed by atoms with Crippen molar-refractivity contribution in [3.63, 3.8) is 0 Å². The highest BCUT2D eigenvalue weighted by Gasteiger charge is 2.16. The van der Waals surface area contributed by atoms with E-state index >= 15 is 0 Å². The Morgan fingerprint density at radius 3 is 2.63 bits per heavy atom. The molecular weight excluding hydrogens is 242 g/mol. The van der Waals surface area contributed by atoms with Crippen molar-refractivity contribution in [3.05, 3.63) is 18.3 Å². The molecule has 0 aliphatic carbocycles. The fourth-order valence-electron chi connectivity index (χ4n) is 1.39. The molecule has 2 N–H and O–H groups in total. The first kappa shape index (κ1) is 15.3. The predicted molar refractivity (Wildman–Crippen MR) is 77.5 cm³/mol. The number of hydrogen-bond acceptors (Lipinski definition) is 4. The van der Waals surface area contributed by atoms with Crippen LogP contribution in [0.15, 0.2) is 18.3 Å². The molecule has 106 valence electrons. The normalized spacial score (nSPS) is 10.9. The van der Waals surface area contributed by atoms with Crippen molar-refractivity contribution in [2.45, 2.75) is 46.1 Å². The average molecular weight is 265 g/mol. The molecule has 0 spiro atoms. The largest absolute Gasteiger partial charge is 0.444 e. The first-order chi connectivity index (χ1) is 8.90. The fourth-order valence-corrected chi connectivity index (χ4v) is 1.39. The minimum absolute atomic E-state index is 0.482. The Morgan fingerprint density at radius 1 is 1.37 bits per heavy atom. The quantitative estimate of drug-likeness (QED) is 0.798. The lowest BCUT2D eigenvalue weighted by molar-refractivity contribution is 0.0635. The van der Waals surface area contributed by atoms with Crippen LogP contribution in [0.5, 0.6) is 0 Å². The maximum atomic E-state index is 11.5. The van der Waals surface area contributed by atoms with Gasteiger partial charge in [-0.2, -0.15) is 0 Å². The molecule has 0 radical (unpaired) electrons. The summed E-state index contributed by atoms with van der Waals surface area (Å²) in [7, 11) is 0. The van der Waals surface area contributed by atoms with E-state index < -0.39 is 11.7 Å². The summed E-state index contributed by atoms with van der Waals surface area (Å²) in [6, 6.07) is 3.63. The van der Waals surface area contributed by atoms with Crippen molar-refractivity contribution in [2.75, 3.05) is 17.2 Å². The molecule has 0 aliphatic rings. The van der Waals surface area contributed by atoms with E-state index in [1.807, 2.05) is 26.8 Å².